The molecule has 0 saturated heterocycles. The molecule has 3 nitrogen and oxygen atoms in total. The number of carbonyl (C=O) groups is 1. The fraction of sp³-hybridized carbons (Fsp3) is 0.933. The van der Waals surface area contributed by atoms with Crippen molar-refractivity contribution in [1.82, 2.24) is 0 Å². The molecule has 18 heavy (non-hydrogen) atoms. The Kier molecular flexibility index (Phi) is 2.74. The summed E-state index contributed by atoms with van der Waals surface area (Å²) in [5, 5.41) is 19.3. The molecule has 1 unspecified atom stereocenters. The molecular weight excluding hydrogens is 228 g/mol. The van der Waals surface area contributed by atoms with E-state index >= 15 is 0 Å². The maximum atomic E-state index is 10.8. The first-order valence-electron chi connectivity index (χ1n) is 7.30. The van der Waals surface area contributed by atoms with Crippen molar-refractivity contribution in [3.05, 3.63) is 0 Å². The van der Waals surface area contributed by atoms with E-state index in [0.29, 0.717) is 6.42 Å². The second kappa shape index (κ2) is 3.96. The Balaban J connectivity index is 1.74. The van der Waals surface area contributed by atoms with E-state index in [0.717, 1.165) is 17.8 Å². The molecule has 0 spiro atoms. The molecular formula is C15H24O3. The van der Waals surface area contributed by atoms with Crippen LogP contribution < -0.4 is 0 Å². The molecule has 102 valence electrons. The van der Waals surface area contributed by atoms with E-state index < -0.39 is 11.6 Å². The van der Waals surface area contributed by atoms with Crippen molar-refractivity contribution in [2.45, 2.75) is 63.9 Å². The van der Waals surface area contributed by atoms with Crippen LogP contribution in [0.25, 0.3) is 0 Å². The zero-order valence-electron chi connectivity index (χ0n) is 11.2. The molecule has 2 N–H and O–H groups in total. The molecule has 0 amide bonds. The molecule has 0 aliphatic heterocycles. The maximum absolute atomic E-state index is 10.8. The Hall–Kier alpha value is -0.570. The molecule has 0 radical (unpaired) electrons. The summed E-state index contributed by atoms with van der Waals surface area (Å²) in [4.78, 5) is 10.8. The zero-order valence-corrected chi connectivity index (χ0v) is 11.2. The van der Waals surface area contributed by atoms with Crippen molar-refractivity contribution in [3.63, 3.8) is 0 Å². The SMILES string of the molecule is CC(O)(CC(=O)O)CC12CC3CC(CC(C3)C1)C2. The van der Waals surface area contributed by atoms with Gasteiger partial charge in [-0.25, -0.2) is 0 Å². The third-order valence-electron chi connectivity index (χ3n) is 5.45. The van der Waals surface area contributed by atoms with E-state index in [2.05, 4.69) is 0 Å². The second-order valence-electron chi connectivity index (χ2n) is 7.66. The van der Waals surface area contributed by atoms with E-state index in [1.54, 1.807) is 6.92 Å². The highest BCUT2D eigenvalue weighted by Gasteiger charge is 2.52. The highest BCUT2D eigenvalue weighted by molar-refractivity contribution is 5.68. The third kappa shape index (κ3) is 2.29. The lowest BCUT2D eigenvalue weighted by Gasteiger charge is -2.58. The van der Waals surface area contributed by atoms with Crippen LogP contribution in [0.1, 0.15) is 58.3 Å². The number of hydrogen-bond donors (Lipinski definition) is 2. The highest BCUT2D eigenvalue weighted by Crippen LogP contribution is 2.62. The van der Waals surface area contributed by atoms with E-state index in [-0.39, 0.29) is 11.8 Å². The molecule has 4 aliphatic rings. The number of aliphatic carboxylic acids is 1. The Morgan fingerprint density at radius 3 is 2.00 bits per heavy atom. The first-order chi connectivity index (χ1) is 8.36. The average Bonchev–Trinajstić information content (AvgIpc) is 2.09. The van der Waals surface area contributed by atoms with Gasteiger partial charge >= 0.3 is 5.97 Å². The topological polar surface area (TPSA) is 57.5 Å². The average molecular weight is 252 g/mol. The minimum atomic E-state index is -1.03. The summed E-state index contributed by atoms with van der Waals surface area (Å²) >= 11 is 0. The largest absolute Gasteiger partial charge is 0.481 e. The van der Waals surface area contributed by atoms with Gasteiger partial charge < -0.3 is 10.2 Å². The molecule has 0 aromatic carbocycles. The van der Waals surface area contributed by atoms with Gasteiger partial charge in [-0.2, -0.15) is 0 Å². The van der Waals surface area contributed by atoms with Crippen LogP contribution in [0.4, 0.5) is 0 Å². The third-order valence-corrected chi connectivity index (χ3v) is 5.45. The summed E-state index contributed by atoms with van der Waals surface area (Å²) in [6.45, 7) is 1.71. The lowest BCUT2D eigenvalue weighted by atomic mass is 9.48. The summed E-state index contributed by atoms with van der Waals surface area (Å²) in [5.74, 6) is 1.69. The van der Waals surface area contributed by atoms with Gasteiger partial charge in [-0.05, 0) is 75.0 Å². The Labute approximate surface area is 109 Å². The minimum absolute atomic E-state index is 0.116. The van der Waals surface area contributed by atoms with E-state index in [1.165, 1.54) is 38.5 Å². The molecule has 0 aromatic heterocycles. The van der Waals surface area contributed by atoms with Crippen LogP contribution in [0.15, 0.2) is 0 Å². The van der Waals surface area contributed by atoms with Crippen molar-refractivity contribution in [2.24, 2.45) is 23.2 Å². The van der Waals surface area contributed by atoms with E-state index in [9.17, 15) is 9.90 Å². The van der Waals surface area contributed by atoms with Gasteiger partial charge in [0.1, 0.15) is 0 Å². The summed E-state index contributed by atoms with van der Waals surface area (Å²) in [6.07, 6.45) is 8.43. The Morgan fingerprint density at radius 2 is 1.61 bits per heavy atom. The predicted octanol–water partition coefficient (Wildman–Crippen LogP) is 2.82. The van der Waals surface area contributed by atoms with Gasteiger partial charge in [0.25, 0.3) is 0 Å². The molecule has 4 aliphatic carbocycles. The predicted molar refractivity (Wildman–Crippen MR) is 68.1 cm³/mol. The van der Waals surface area contributed by atoms with E-state index in [1.807, 2.05) is 0 Å². The molecule has 4 rings (SSSR count). The number of aliphatic hydroxyl groups is 1. The molecule has 0 aromatic rings. The smallest absolute Gasteiger partial charge is 0.306 e. The lowest BCUT2D eigenvalue weighted by molar-refractivity contribution is -0.146. The van der Waals surface area contributed by atoms with Gasteiger partial charge in [0.15, 0.2) is 0 Å². The standard InChI is InChI=1S/C15H24O3/c1-14(18,8-13(16)17)9-15-5-10-2-11(6-15)4-12(3-10)7-15/h10-12,18H,2-9H2,1H3,(H,16,17). The fourth-order valence-electron chi connectivity index (χ4n) is 5.70. The molecule has 4 saturated carbocycles. The zero-order chi connectivity index (χ0) is 13.0. The first kappa shape index (κ1) is 12.5. The molecule has 0 heterocycles. The maximum Gasteiger partial charge on any atom is 0.306 e. The van der Waals surface area contributed by atoms with Gasteiger partial charge in [0.05, 0.1) is 12.0 Å². The quantitative estimate of drug-likeness (QED) is 0.809. The van der Waals surface area contributed by atoms with Crippen molar-refractivity contribution < 1.29 is 15.0 Å². The van der Waals surface area contributed by atoms with Crippen molar-refractivity contribution in [2.75, 3.05) is 0 Å². The van der Waals surface area contributed by atoms with Gasteiger partial charge in [0.2, 0.25) is 0 Å². The molecule has 1 atom stereocenters. The monoisotopic (exact) mass is 252 g/mol. The minimum Gasteiger partial charge on any atom is -0.481 e. The Morgan fingerprint density at radius 1 is 1.17 bits per heavy atom. The van der Waals surface area contributed by atoms with Crippen LogP contribution in [-0.4, -0.2) is 21.8 Å². The highest BCUT2D eigenvalue weighted by atomic mass is 16.4. The van der Waals surface area contributed by atoms with Gasteiger partial charge in [-0.1, -0.05) is 0 Å². The Bertz CT molecular complexity index is 323. The van der Waals surface area contributed by atoms with Gasteiger partial charge in [0, 0.05) is 0 Å². The first-order valence-corrected chi connectivity index (χ1v) is 7.30. The van der Waals surface area contributed by atoms with E-state index in [4.69, 9.17) is 5.11 Å². The summed E-state index contributed by atoms with van der Waals surface area (Å²) in [7, 11) is 0. The van der Waals surface area contributed by atoms with Crippen LogP contribution in [-0.2, 0) is 4.79 Å². The number of carboxylic acid groups (broad SMARTS) is 1. The van der Waals surface area contributed by atoms with Crippen LogP contribution in [0, 0.1) is 23.2 Å². The lowest BCUT2D eigenvalue weighted by Crippen LogP contribution is -2.49. The van der Waals surface area contributed by atoms with Crippen molar-refractivity contribution >= 4 is 5.97 Å². The fourth-order valence-corrected chi connectivity index (χ4v) is 5.70. The van der Waals surface area contributed by atoms with Gasteiger partial charge in [-0.15, -0.1) is 0 Å². The number of hydrogen-bond acceptors (Lipinski definition) is 2. The van der Waals surface area contributed by atoms with Crippen LogP contribution in [0.5, 0.6) is 0 Å². The number of rotatable bonds is 4. The van der Waals surface area contributed by atoms with Crippen molar-refractivity contribution in [3.8, 4) is 0 Å². The van der Waals surface area contributed by atoms with Crippen LogP contribution >= 0.6 is 0 Å². The molecule has 3 heteroatoms. The number of carboxylic acids is 1. The second-order valence-corrected chi connectivity index (χ2v) is 7.66. The van der Waals surface area contributed by atoms with Crippen LogP contribution in [0.2, 0.25) is 0 Å². The summed E-state index contributed by atoms with van der Waals surface area (Å²) in [6, 6.07) is 0. The van der Waals surface area contributed by atoms with Crippen LogP contribution in [0.3, 0.4) is 0 Å². The normalized spacial score (nSPS) is 44.9. The summed E-state index contributed by atoms with van der Waals surface area (Å²) < 4.78 is 0. The van der Waals surface area contributed by atoms with Gasteiger partial charge in [-0.3, -0.25) is 4.79 Å². The molecule has 4 bridgehead atoms. The molecule has 4 fully saturated rings. The summed E-state index contributed by atoms with van der Waals surface area (Å²) in [5.41, 5.74) is -0.773. The van der Waals surface area contributed by atoms with Crippen molar-refractivity contribution in [1.29, 1.82) is 0 Å².